The van der Waals surface area contributed by atoms with E-state index in [9.17, 15) is 9.59 Å². The van der Waals surface area contributed by atoms with Crippen LogP contribution < -0.4 is 0 Å². The van der Waals surface area contributed by atoms with Gasteiger partial charge in [-0.25, -0.2) is 0 Å². The monoisotopic (exact) mass is 381 g/mol. The van der Waals surface area contributed by atoms with Crippen molar-refractivity contribution in [3.05, 3.63) is 54.4 Å². The predicted octanol–water partition coefficient (Wildman–Crippen LogP) is 3.37. The second kappa shape index (κ2) is 9.12. The Hall–Kier alpha value is -3.22. The lowest BCUT2D eigenvalue weighted by Crippen LogP contribution is -2.06. The third kappa shape index (κ3) is 5.90. The highest BCUT2D eigenvalue weighted by atomic mass is 16.4. The van der Waals surface area contributed by atoms with Crippen molar-refractivity contribution in [3.63, 3.8) is 0 Å². The first kappa shape index (κ1) is 19.5. The van der Waals surface area contributed by atoms with Gasteiger partial charge in [0.2, 0.25) is 0 Å². The van der Waals surface area contributed by atoms with Crippen molar-refractivity contribution in [1.82, 2.24) is 9.78 Å². The number of rotatable bonds is 7. The summed E-state index contributed by atoms with van der Waals surface area (Å²) in [5.41, 5.74) is 5.03. The van der Waals surface area contributed by atoms with E-state index in [0.717, 1.165) is 24.7 Å². The van der Waals surface area contributed by atoms with Crippen molar-refractivity contribution in [3.8, 4) is 11.1 Å². The molecular formula is C21H23N3O4. The molecule has 0 unspecified atom stereocenters. The molecule has 0 spiro atoms. The fourth-order valence-electron chi connectivity index (χ4n) is 2.88. The number of nitrogens with zero attached hydrogens (tertiary/aromatic N) is 3. The van der Waals surface area contributed by atoms with Crippen LogP contribution in [0.2, 0.25) is 0 Å². The normalized spacial score (nSPS) is 14.9. The average molecular weight is 381 g/mol. The lowest BCUT2D eigenvalue weighted by Gasteiger charge is -2.02. The Kier molecular flexibility index (Phi) is 6.37. The van der Waals surface area contributed by atoms with Crippen LogP contribution in [0.1, 0.15) is 37.2 Å². The third-order valence-electron chi connectivity index (χ3n) is 4.49. The molecule has 1 aromatic heterocycles. The zero-order chi connectivity index (χ0) is 19.9. The topological polar surface area (TPSA) is 105 Å². The number of benzene rings is 1. The standard InChI is InChI=1S/C17H17N3.C4H6O4/c1-3-14(13-6-7-13)9-15(4-1)16-10-19-20(11-16)12-17-5-2-8-18-17;5-3(6)1-2-4(7)8/h1-5,9-11,13H,6-8,12H2;1-2H2,(H,5,6)(H,7,8). The Labute approximate surface area is 163 Å². The molecule has 2 aliphatic rings. The van der Waals surface area contributed by atoms with Crippen molar-refractivity contribution in [2.24, 2.45) is 4.99 Å². The molecular weight excluding hydrogens is 358 g/mol. The summed E-state index contributed by atoms with van der Waals surface area (Å²) in [6, 6.07) is 8.87. The van der Waals surface area contributed by atoms with Gasteiger partial charge in [-0.1, -0.05) is 30.3 Å². The SMILES string of the molecule is C1=CC(Cn2cc(-c3cccc(C4CC4)c3)cn2)=NC1.O=C(O)CCC(=O)O. The van der Waals surface area contributed by atoms with Gasteiger partial charge in [-0.3, -0.25) is 19.3 Å². The van der Waals surface area contributed by atoms with E-state index >= 15 is 0 Å². The molecule has 1 aliphatic carbocycles. The molecule has 2 heterocycles. The summed E-state index contributed by atoms with van der Waals surface area (Å²) < 4.78 is 1.97. The minimum absolute atomic E-state index is 0.296. The molecule has 0 radical (unpaired) electrons. The van der Waals surface area contributed by atoms with E-state index in [1.807, 2.05) is 10.9 Å². The number of carbonyl (C=O) groups is 2. The van der Waals surface area contributed by atoms with Crippen molar-refractivity contribution < 1.29 is 19.8 Å². The maximum absolute atomic E-state index is 9.64. The molecule has 0 amide bonds. The van der Waals surface area contributed by atoms with E-state index in [0.29, 0.717) is 0 Å². The molecule has 7 nitrogen and oxygen atoms in total. The van der Waals surface area contributed by atoms with E-state index < -0.39 is 11.9 Å². The number of aliphatic imine (C=N–C) groups is 1. The van der Waals surface area contributed by atoms with Crippen LogP contribution in [0.5, 0.6) is 0 Å². The molecule has 4 rings (SSSR count). The van der Waals surface area contributed by atoms with Crippen LogP contribution in [0.3, 0.4) is 0 Å². The molecule has 1 fully saturated rings. The molecule has 1 saturated carbocycles. The van der Waals surface area contributed by atoms with Gasteiger partial charge < -0.3 is 10.2 Å². The van der Waals surface area contributed by atoms with Gasteiger partial charge in [-0.15, -0.1) is 0 Å². The second-order valence-electron chi connectivity index (χ2n) is 6.85. The first-order valence-electron chi connectivity index (χ1n) is 9.27. The number of carboxylic acids is 2. The van der Waals surface area contributed by atoms with Gasteiger partial charge in [0.15, 0.2) is 0 Å². The molecule has 28 heavy (non-hydrogen) atoms. The van der Waals surface area contributed by atoms with Crippen LogP contribution in [-0.4, -0.2) is 44.2 Å². The highest BCUT2D eigenvalue weighted by molar-refractivity contribution is 5.96. The van der Waals surface area contributed by atoms with Crippen LogP contribution in [0.15, 0.2) is 53.8 Å². The largest absolute Gasteiger partial charge is 0.481 e. The summed E-state index contributed by atoms with van der Waals surface area (Å²) in [7, 11) is 0. The zero-order valence-electron chi connectivity index (χ0n) is 15.5. The summed E-state index contributed by atoms with van der Waals surface area (Å²) in [4.78, 5) is 23.7. The number of allylic oxidation sites excluding steroid dienone is 1. The highest BCUT2D eigenvalue weighted by Crippen LogP contribution is 2.41. The van der Waals surface area contributed by atoms with Gasteiger partial charge in [-0.05, 0) is 36.0 Å². The van der Waals surface area contributed by atoms with Crippen LogP contribution in [0.25, 0.3) is 11.1 Å². The fourth-order valence-corrected chi connectivity index (χ4v) is 2.88. The van der Waals surface area contributed by atoms with Crippen LogP contribution in [0, 0.1) is 0 Å². The van der Waals surface area contributed by atoms with E-state index in [-0.39, 0.29) is 12.8 Å². The van der Waals surface area contributed by atoms with Gasteiger partial charge in [0.05, 0.1) is 37.8 Å². The zero-order valence-corrected chi connectivity index (χ0v) is 15.5. The number of hydrogen-bond acceptors (Lipinski definition) is 4. The van der Waals surface area contributed by atoms with Gasteiger partial charge in [0.1, 0.15) is 0 Å². The Bertz CT molecular complexity index is 896. The first-order chi connectivity index (χ1) is 13.5. The Morgan fingerprint density at radius 2 is 1.86 bits per heavy atom. The summed E-state index contributed by atoms with van der Waals surface area (Å²) in [5.74, 6) is -1.36. The highest BCUT2D eigenvalue weighted by Gasteiger charge is 2.23. The van der Waals surface area contributed by atoms with Gasteiger partial charge in [0.25, 0.3) is 0 Å². The summed E-state index contributed by atoms with van der Waals surface area (Å²) in [5, 5.41) is 20.2. The van der Waals surface area contributed by atoms with Crippen molar-refractivity contribution in [1.29, 1.82) is 0 Å². The van der Waals surface area contributed by atoms with Crippen LogP contribution >= 0.6 is 0 Å². The second-order valence-corrected chi connectivity index (χ2v) is 6.85. The number of hydrogen-bond donors (Lipinski definition) is 2. The molecule has 7 heteroatoms. The fraction of sp³-hybridized carbons (Fsp3) is 0.333. The predicted molar refractivity (Wildman–Crippen MR) is 106 cm³/mol. The smallest absolute Gasteiger partial charge is 0.303 e. The summed E-state index contributed by atoms with van der Waals surface area (Å²) >= 11 is 0. The van der Waals surface area contributed by atoms with Gasteiger partial charge >= 0.3 is 11.9 Å². The first-order valence-corrected chi connectivity index (χ1v) is 9.27. The lowest BCUT2D eigenvalue weighted by molar-refractivity contribution is -0.143. The Morgan fingerprint density at radius 1 is 1.11 bits per heavy atom. The molecule has 0 atom stereocenters. The quantitative estimate of drug-likeness (QED) is 0.765. The number of aromatic nitrogens is 2. The Balaban J connectivity index is 0.000000242. The van der Waals surface area contributed by atoms with E-state index in [1.54, 1.807) is 0 Å². The number of carboxylic acid groups (broad SMARTS) is 2. The lowest BCUT2D eigenvalue weighted by atomic mass is 10.0. The molecule has 1 aliphatic heterocycles. The van der Waals surface area contributed by atoms with Crippen molar-refractivity contribution in [2.75, 3.05) is 6.54 Å². The molecule has 0 bridgehead atoms. The van der Waals surface area contributed by atoms with Crippen LogP contribution in [-0.2, 0) is 16.1 Å². The van der Waals surface area contributed by atoms with Crippen molar-refractivity contribution in [2.45, 2.75) is 38.1 Å². The van der Waals surface area contributed by atoms with Gasteiger partial charge in [-0.2, -0.15) is 5.10 Å². The summed E-state index contributed by atoms with van der Waals surface area (Å²) in [6.45, 7) is 1.58. The molecule has 2 N–H and O–H groups in total. The maximum atomic E-state index is 9.64. The molecule has 1 aromatic carbocycles. The minimum atomic E-state index is -1.08. The van der Waals surface area contributed by atoms with E-state index in [1.165, 1.54) is 29.5 Å². The van der Waals surface area contributed by atoms with Crippen LogP contribution in [0.4, 0.5) is 0 Å². The van der Waals surface area contributed by atoms with Gasteiger partial charge in [0, 0.05) is 11.8 Å². The Morgan fingerprint density at radius 3 is 2.46 bits per heavy atom. The molecule has 0 saturated heterocycles. The maximum Gasteiger partial charge on any atom is 0.303 e. The molecule has 146 valence electrons. The average Bonchev–Trinajstić information content (AvgIpc) is 3.21. The number of aliphatic carboxylic acids is 2. The van der Waals surface area contributed by atoms with E-state index in [2.05, 4.69) is 52.7 Å². The minimum Gasteiger partial charge on any atom is -0.481 e. The third-order valence-corrected chi connectivity index (χ3v) is 4.49. The summed E-state index contributed by atoms with van der Waals surface area (Å²) in [6.07, 6.45) is 10.3. The molecule has 2 aromatic rings. The van der Waals surface area contributed by atoms with Crippen molar-refractivity contribution >= 4 is 17.7 Å². The van der Waals surface area contributed by atoms with E-state index in [4.69, 9.17) is 10.2 Å².